The van der Waals surface area contributed by atoms with Crippen LogP contribution in [0, 0.1) is 11.7 Å². The largest absolute Gasteiger partial charge is 0.399 e. The minimum Gasteiger partial charge on any atom is -0.399 e. The number of nitrogens with zero attached hydrogens (tertiary/aromatic N) is 4. The van der Waals surface area contributed by atoms with Gasteiger partial charge in [-0.05, 0) is 41.0 Å². The second-order valence-corrected chi connectivity index (χ2v) is 4.68. The maximum atomic E-state index is 13.3. The van der Waals surface area contributed by atoms with Crippen LogP contribution in [0.2, 0.25) is 0 Å². The van der Waals surface area contributed by atoms with Crippen LogP contribution in [0.25, 0.3) is 11.4 Å². The standard InChI is InChI=1S/C12H16FN5/c1-8(2)3-4-18-12(15-16-17-18)9-5-10(13)7-11(14)6-9/h5-8H,3-4,14H2,1-2H3. The van der Waals surface area contributed by atoms with Crippen LogP contribution in [0.3, 0.4) is 0 Å². The Morgan fingerprint density at radius 3 is 2.78 bits per heavy atom. The molecule has 0 radical (unpaired) electrons. The molecule has 2 N–H and O–H groups in total. The topological polar surface area (TPSA) is 69.6 Å². The Bertz CT molecular complexity index is 515. The first-order valence-corrected chi connectivity index (χ1v) is 5.89. The summed E-state index contributed by atoms with van der Waals surface area (Å²) < 4.78 is 15.0. The Balaban J connectivity index is 2.30. The van der Waals surface area contributed by atoms with Gasteiger partial charge < -0.3 is 5.73 Å². The Morgan fingerprint density at radius 1 is 1.33 bits per heavy atom. The predicted octanol–water partition coefficient (Wildman–Crippen LogP) is 2.11. The molecule has 0 aliphatic rings. The number of tetrazole rings is 1. The van der Waals surface area contributed by atoms with E-state index in [4.69, 9.17) is 5.73 Å². The third-order valence-corrected chi connectivity index (χ3v) is 2.63. The van der Waals surface area contributed by atoms with E-state index in [1.54, 1.807) is 10.7 Å². The molecule has 2 aromatic rings. The van der Waals surface area contributed by atoms with Crippen molar-refractivity contribution in [3.63, 3.8) is 0 Å². The molecule has 0 amide bonds. The van der Waals surface area contributed by atoms with E-state index in [1.165, 1.54) is 12.1 Å². The van der Waals surface area contributed by atoms with Crippen molar-refractivity contribution in [2.75, 3.05) is 5.73 Å². The number of halogens is 1. The SMILES string of the molecule is CC(C)CCn1nnnc1-c1cc(N)cc(F)c1. The molecule has 0 saturated carbocycles. The third-order valence-electron chi connectivity index (χ3n) is 2.63. The molecule has 18 heavy (non-hydrogen) atoms. The number of aryl methyl sites for hydroxylation is 1. The zero-order valence-corrected chi connectivity index (χ0v) is 10.5. The molecule has 0 spiro atoms. The fraction of sp³-hybridized carbons (Fsp3) is 0.417. The number of benzene rings is 1. The Hall–Kier alpha value is -1.98. The molecule has 1 aromatic carbocycles. The molecule has 0 aliphatic heterocycles. The van der Waals surface area contributed by atoms with E-state index in [-0.39, 0.29) is 5.82 Å². The highest BCUT2D eigenvalue weighted by molar-refractivity contribution is 5.61. The molecule has 1 aromatic heterocycles. The Labute approximate surface area is 105 Å². The van der Waals surface area contributed by atoms with Crippen molar-refractivity contribution >= 4 is 5.69 Å². The number of nitrogen functional groups attached to an aromatic ring is 1. The van der Waals surface area contributed by atoms with Crippen LogP contribution in [0.15, 0.2) is 18.2 Å². The lowest BCUT2D eigenvalue weighted by Crippen LogP contribution is -2.06. The van der Waals surface area contributed by atoms with Gasteiger partial charge >= 0.3 is 0 Å². The molecule has 2 rings (SSSR count). The first-order valence-electron chi connectivity index (χ1n) is 5.89. The molecule has 6 heteroatoms. The second kappa shape index (κ2) is 5.12. The summed E-state index contributed by atoms with van der Waals surface area (Å²) in [5.74, 6) is 0.713. The van der Waals surface area contributed by atoms with Crippen LogP contribution in [-0.2, 0) is 6.54 Å². The van der Waals surface area contributed by atoms with Crippen molar-refractivity contribution in [1.82, 2.24) is 20.2 Å². The number of rotatable bonds is 4. The third kappa shape index (κ3) is 2.82. The van der Waals surface area contributed by atoms with Crippen LogP contribution in [0.5, 0.6) is 0 Å². The molecule has 5 nitrogen and oxygen atoms in total. The maximum absolute atomic E-state index is 13.3. The molecule has 0 unspecified atom stereocenters. The minimum atomic E-state index is -0.386. The van der Waals surface area contributed by atoms with E-state index in [2.05, 4.69) is 29.4 Å². The first-order chi connectivity index (χ1) is 8.56. The lowest BCUT2D eigenvalue weighted by Gasteiger charge is -2.07. The van der Waals surface area contributed by atoms with Crippen molar-refractivity contribution in [3.05, 3.63) is 24.0 Å². The highest BCUT2D eigenvalue weighted by Crippen LogP contribution is 2.21. The number of anilines is 1. The van der Waals surface area contributed by atoms with Gasteiger partial charge in [0.1, 0.15) is 5.82 Å². The van der Waals surface area contributed by atoms with E-state index in [9.17, 15) is 4.39 Å². The number of nitrogens with two attached hydrogens (primary N) is 1. The normalized spacial score (nSPS) is 11.1. The zero-order valence-electron chi connectivity index (χ0n) is 10.5. The van der Waals surface area contributed by atoms with Gasteiger partial charge in [0.05, 0.1) is 0 Å². The molecule has 96 valence electrons. The lowest BCUT2D eigenvalue weighted by atomic mass is 10.1. The number of hydrogen-bond acceptors (Lipinski definition) is 4. The molecule has 0 fully saturated rings. The molecule has 0 saturated heterocycles. The fourth-order valence-electron chi connectivity index (χ4n) is 1.68. The van der Waals surface area contributed by atoms with Crippen LogP contribution in [0.1, 0.15) is 20.3 Å². The Kier molecular flexibility index (Phi) is 3.55. The summed E-state index contributed by atoms with van der Waals surface area (Å²) in [7, 11) is 0. The molecular weight excluding hydrogens is 233 g/mol. The van der Waals surface area contributed by atoms with Crippen molar-refractivity contribution < 1.29 is 4.39 Å². The lowest BCUT2D eigenvalue weighted by molar-refractivity contribution is 0.481. The molecule has 0 aliphatic carbocycles. The van der Waals surface area contributed by atoms with Gasteiger partial charge in [0.2, 0.25) is 0 Å². The molecule has 0 bridgehead atoms. The highest BCUT2D eigenvalue weighted by atomic mass is 19.1. The van der Waals surface area contributed by atoms with Gasteiger partial charge in [-0.1, -0.05) is 13.8 Å². The van der Waals surface area contributed by atoms with Crippen molar-refractivity contribution in [2.24, 2.45) is 5.92 Å². The van der Waals surface area contributed by atoms with Gasteiger partial charge in [-0.2, -0.15) is 0 Å². The van der Waals surface area contributed by atoms with E-state index >= 15 is 0 Å². The summed E-state index contributed by atoms with van der Waals surface area (Å²) in [6.07, 6.45) is 0.961. The van der Waals surface area contributed by atoms with Gasteiger partial charge in [-0.3, -0.25) is 0 Å². The quantitative estimate of drug-likeness (QED) is 0.842. The Morgan fingerprint density at radius 2 is 2.11 bits per heavy atom. The average Bonchev–Trinajstić information content (AvgIpc) is 2.72. The fourth-order valence-corrected chi connectivity index (χ4v) is 1.68. The monoisotopic (exact) mass is 249 g/mol. The summed E-state index contributed by atoms with van der Waals surface area (Å²) in [6, 6.07) is 4.32. The van der Waals surface area contributed by atoms with Crippen LogP contribution < -0.4 is 5.73 Å². The van der Waals surface area contributed by atoms with E-state index in [1.807, 2.05) is 0 Å². The highest BCUT2D eigenvalue weighted by Gasteiger charge is 2.11. The van der Waals surface area contributed by atoms with E-state index < -0.39 is 0 Å². The molecule has 0 atom stereocenters. The molecule has 1 heterocycles. The average molecular weight is 249 g/mol. The van der Waals surface area contributed by atoms with Gasteiger partial charge in [0.15, 0.2) is 5.82 Å². The zero-order chi connectivity index (χ0) is 13.1. The van der Waals surface area contributed by atoms with E-state index in [0.29, 0.717) is 29.5 Å². The first kappa shape index (κ1) is 12.5. The van der Waals surface area contributed by atoms with Crippen LogP contribution >= 0.6 is 0 Å². The van der Waals surface area contributed by atoms with E-state index in [0.717, 1.165) is 6.42 Å². The minimum absolute atomic E-state index is 0.364. The van der Waals surface area contributed by atoms with Crippen LogP contribution in [0.4, 0.5) is 10.1 Å². The summed E-state index contributed by atoms with van der Waals surface area (Å²) >= 11 is 0. The summed E-state index contributed by atoms with van der Waals surface area (Å²) in [5.41, 5.74) is 6.58. The second-order valence-electron chi connectivity index (χ2n) is 4.68. The van der Waals surface area contributed by atoms with Gasteiger partial charge in [-0.15, -0.1) is 5.10 Å². The summed E-state index contributed by atoms with van der Waals surface area (Å²) in [4.78, 5) is 0. The van der Waals surface area contributed by atoms with Crippen molar-refractivity contribution in [3.8, 4) is 11.4 Å². The van der Waals surface area contributed by atoms with Crippen molar-refractivity contribution in [1.29, 1.82) is 0 Å². The smallest absolute Gasteiger partial charge is 0.182 e. The number of aromatic nitrogens is 4. The predicted molar refractivity (Wildman–Crippen MR) is 67.1 cm³/mol. The summed E-state index contributed by atoms with van der Waals surface area (Å²) in [6.45, 7) is 4.96. The maximum Gasteiger partial charge on any atom is 0.182 e. The van der Waals surface area contributed by atoms with Gasteiger partial charge in [0, 0.05) is 17.8 Å². The molecular formula is C12H16FN5. The van der Waals surface area contributed by atoms with Gasteiger partial charge in [0.25, 0.3) is 0 Å². The van der Waals surface area contributed by atoms with Crippen molar-refractivity contribution in [2.45, 2.75) is 26.8 Å². The van der Waals surface area contributed by atoms with Gasteiger partial charge in [-0.25, -0.2) is 9.07 Å². The van der Waals surface area contributed by atoms with Crippen LogP contribution in [-0.4, -0.2) is 20.2 Å². The number of hydrogen-bond donors (Lipinski definition) is 1. The summed E-state index contributed by atoms with van der Waals surface area (Å²) in [5, 5.41) is 11.5.